The van der Waals surface area contributed by atoms with Gasteiger partial charge in [0.2, 0.25) is 0 Å². The molecule has 0 radical (unpaired) electrons. The summed E-state index contributed by atoms with van der Waals surface area (Å²) >= 11 is 0. The first-order valence-corrected chi connectivity index (χ1v) is 10.1. The quantitative estimate of drug-likeness (QED) is 0.556. The van der Waals surface area contributed by atoms with Gasteiger partial charge in [-0.25, -0.2) is 4.98 Å². The Hall–Kier alpha value is -3.34. The number of aryl methyl sites for hydroxylation is 1. The number of nitrogens with zero attached hydrogens (tertiary/aromatic N) is 2. The number of pyridine rings is 2. The molecule has 2 aromatic rings. The van der Waals surface area contributed by atoms with Crippen LogP contribution in [0, 0.1) is 6.92 Å². The number of aromatic nitrogens is 2. The second-order valence-electron chi connectivity index (χ2n) is 7.21. The fourth-order valence-electron chi connectivity index (χ4n) is 3.10. The van der Waals surface area contributed by atoms with Crippen molar-refractivity contribution in [2.75, 3.05) is 12.0 Å². The molecule has 30 heavy (non-hydrogen) atoms. The molecule has 1 N–H and O–H groups in total. The van der Waals surface area contributed by atoms with E-state index in [0.717, 1.165) is 34.4 Å². The molecule has 0 atom stereocenters. The molecule has 0 spiro atoms. The molecule has 2 aromatic heterocycles. The number of hydrogen-bond donors (Lipinski definition) is 1. The lowest BCUT2D eigenvalue weighted by Crippen LogP contribution is -2.13. The van der Waals surface area contributed by atoms with Crippen LogP contribution in [0.5, 0.6) is 0 Å². The van der Waals surface area contributed by atoms with Crippen LogP contribution in [0.1, 0.15) is 48.6 Å². The Morgan fingerprint density at radius 3 is 2.90 bits per heavy atom. The Labute approximate surface area is 177 Å². The van der Waals surface area contributed by atoms with E-state index in [1.807, 2.05) is 62.4 Å². The number of amides is 1. The van der Waals surface area contributed by atoms with Crippen molar-refractivity contribution in [1.29, 1.82) is 0 Å². The Morgan fingerprint density at radius 2 is 2.17 bits per heavy atom. The molecule has 0 aliphatic heterocycles. The first-order valence-electron chi connectivity index (χ1n) is 10.1. The van der Waals surface area contributed by atoms with Crippen LogP contribution in [0.25, 0.3) is 17.7 Å². The van der Waals surface area contributed by atoms with Crippen molar-refractivity contribution in [2.24, 2.45) is 0 Å². The van der Waals surface area contributed by atoms with E-state index in [9.17, 15) is 9.18 Å². The Bertz CT molecular complexity index is 1030. The van der Waals surface area contributed by atoms with Crippen LogP contribution in [-0.2, 0) is 4.79 Å². The smallest absolute Gasteiger partial charge is 0.256 e. The third kappa shape index (κ3) is 5.83. The zero-order valence-electron chi connectivity index (χ0n) is 17.4. The molecule has 154 valence electrons. The molecular weight excluding hydrogens is 377 g/mol. The predicted octanol–water partition coefficient (Wildman–Crippen LogP) is 5.93. The maximum atomic E-state index is 12.2. The minimum Gasteiger partial charge on any atom is -0.307 e. The van der Waals surface area contributed by atoms with Crippen LogP contribution in [0.2, 0.25) is 0 Å². The highest BCUT2D eigenvalue weighted by molar-refractivity contribution is 6.05. The van der Waals surface area contributed by atoms with Crippen molar-refractivity contribution in [1.82, 2.24) is 9.97 Å². The summed E-state index contributed by atoms with van der Waals surface area (Å²) in [5.74, 6) is 0.400. The molecule has 1 aliphatic rings. The maximum Gasteiger partial charge on any atom is 0.256 e. The fourth-order valence-corrected chi connectivity index (χ4v) is 3.10. The topological polar surface area (TPSA) is 54.9 Å². The summed E-state index contributed by atoms with van der Waals surface area (Å²) in [5.41, 5.74) is 5.67. The summed E-state index contributed by atoms with van der Waals surface area (Å²) in [5, 5.41) is 2.84. The van der Waals surface area contributed by atoms with Crippen LogP contribution >= 0.6 is 0 Å². The van der Waals surface area contributed by atoms with Crippen molar-refractivity contribution in [2.45, 2.75) is 33.1 Å². The second kappa shape index (κ2) is 10.4. The van der Waals surface area contributed by atoms with Gasteiger partial charge in [-0.15, -0.1) is 0 Å². The van der Waals surface area contributed by atoms with Gasteiger partial charge in [0.15, 0.2) is 0 Å². The third-order valence-corrected chi connectivity index (χ3v) is 4.83. The molecular formula is C25H26FN3O. The normalized spacial score (nSPS) is 13.7. The minimum absolute atomic E-state index is 0.140. The van der Waals surface area contributed by atoms with Crippen molar-refractivity contribution in [3.63, 3.8) is 0 Å². The Balaban J connectivity index is 1.72. The molecule has 0 aromatic carbocycles. The summed E-state index contributed by atoms with van der Waals surface area (Å²) in [7, 11) is 0. The van der Waals surface area contributed by atoms with E-state index >= 15 is 0 Å². The highest BCUT2D eigenvalue weighted by Crippen LogP contribution is 2.22. The lowest BCUT2D eigenvalue weighted by molar-refractivity contribution is -0.112. The maximum absolute atomic E-state index is 12.2. The molecule has 0 unspecified atom stereocenters. The van der Waals surface area contributed by atoms with Gasteiger partial charge >= 0.3 is 0 Å². The van der Waals surface area contributed by atoms with E-state index in [-0.39, 0.29) is 12.6 Å². The van der Waals surface area contributed by atoms with E-state index in [1.165, 1.54) is 0 Å². The monoisotopic (exact) mass is 403 g/mol. The van der Waals surface area contributed by atoms with Gasteiger partial charge in [-0.2, -0.15) is 0 Å². The highest BCUT2D eigenvalue weighted by Gasteiger charge is 2.10. The Morgan fingerprint density at radius 1 is 1.30 bits per heavy atom. The van der Waals surface area contributed by atoms with Crippen LogP contribution in [0.15, 0.2) is 60.5 Å². The standard InChI is InChI=1S/C25H26FN3O/c1-18(21-11-13-27-23(16-21)10-4-3-7-12-26)14-22-17-28-24(15-19(22)2)29-25(30)20-8-5-6-9-20/h4-5,8-11,13-17H,3,6-7,12H2,1-2H3,(H,28,29,30)/b10-4-,18-14+. The number of rotatable bonds is 8. The lowest BCUT2D eigenvalue weighted by Gasteiger charge is -2.08. The molecule has 1 aliphatic carbocycles. The number of carbonyl (C=O) groups is 1. The predicted molar refractivity (Wildman–Crippen MR) is 121 cm³/mol. The number of halogens is 1. The van der Waals surface area contributed by atoms with E-state index in [4.69, 9.17) is 0 Å². The first-order chi connectivity index (χ1) is 14.6. The summed E-state index contributed by atoms with van der Waals surface area (Å²) < 4.78 is 12.2. The molecule has 1 amide bonds. The van der Waals surface area contributed by atoms with Gasteiger partial charge in [-0.05, 0) is 85.7 Å². The molecule has 2 heterocycles. The second-order valence-corrected chi connectivity index (χ2v) is 7.21. The average molecular weight is 404 g/mol. The zero-order chi connectivity index (χ0) is 21.3. The van der Waals surface area contributed by atoms with Crippen molar-refractivity contribution < 1.29 is 9.18 Å². The van der Waals surface area contributed by atoms with E-state index in [0.29, 0.717) is 24.2 Å². The Kier molecular flexibility index (Phi) is 7.44. The van der Waals surface area contributed by atoms with E-state index in [2.05, 4.69) is 21.4 Å². The van der Waals surface area contributed by atoms with Gasteiger partial charge < -0.3 is 5.32 Å². The number of unbranched alkanes of at least 4 members (excludes halogenated alkanes) is 1. The fraction of sp³-hybridized carbons (Fsp3) is 0.240. The largest absolute Gasteiger partial charge is 0.307 e. The summed E-state index contributed by atoms with van der Waals surface area (Å²) in [6.07, 6.45) is 17.2. The average Bonchev–Trinajstić information content (AvgIpc) is 3.28. The van der Waals surface area contributed by atoms with Crippen molar-refractivity contribution in [3.8, 4) is 0 Å². The van der Waals surface area contributed by atoms with Crippen molar-refractivity contribution in [3.05, 3.63) is 82.9 Å². The molecule has 0 saturated heterocycles. The van der Waals surface area contributed by atoms with Gasteiger partial charge in [0.25, 0.3) is 5.91 Å². The minimum atomic E-state index is -0.301. The summed E-state index contributed by atoms with van der Waals surface area (Å²) in [6.45, 7) is 3.74. The molecule has 4 nitrogen and oxygen atoms in total. The van der Waals surface area contributed by atoms with E-state index in [1.54, 1.807) is 12.4 Å². The number of carbonyl (C=O) groups excluding carboxylic acids is 1. The first kappa shape index (κ1) is 21.4. The van der Waals surface area contributed by atoms with Gasteiger partial charge in [0.1, 0.15) is 5.82 Å². The number of allylic oxidation sites excluding steroid dienone is 4. The van der Waals surface area contributed by atoms with Crippen LogP contribution in [-0.4, -0.2) is 22.5 Å². The summed E-state index contributed by atoms with van der Waals surface area (Å²) in [6, 6.07) is 5.85. The number of anilines is 1. The zero-order valence-corrected chi connectivity index (χ0v) is 17.4. The van der Waals surface area contributed by atoms with Crippen molar-refractivity contribution >= 4 is 29.5 Å². The molecule has 5 heteroatoms. The number of alkyl halides is 1. The summed E-state index contributed by atoms with van der Waals surface area (Å²) in [4.78, 5) is 20.9. The molecule has 0 bridgehead atoms. The van der Waals surface area contributed by atoms with Crippen LogP contribution in [0.4, 0.5) is 10.2 Å². The SMILES string of the molecule is C/C(=C\c1cnc(NC(=O)C2=CCC=C2)cc1C)c1ccnc(/C=C\CCCF)c1. The van der Waals surface area contributed by atoms with Gasteiger partial charge in [-0.3, -0.25) is 14.2 Å². The number of nitrogens with one attached hydrogen (secondary N) is 1. The third-order valence-electron chi connectivity index (χ3n) is 4.83. The molecule has 0 saturated carbocycles. The molecule has 0 fully saturated rings. The molecule has 3 rings (SSSR count). The van der Waals surface area contributed by atoms with E-state index < -0.39 is 0 Å². The number of hydrogen-bond acceptors (Lipinski definition) is 3. The van der Waals surface area contributed by atoms with Crippen LogP contribution in [0.3, 0.4) is 0 Å². The van der Waals surface area contributed by atoms with Gasteiger partial charge in [0, 0.05) is 18.0 Å². The lowest BCUT2D eigenvalue weighted by atomic mass is 10.0. The van der Waals surface area contributed by atoms with Crippen LogP contribution < -0.4 is 5.32 Å². The highest BCUT2D eigenvalue weighted by atomic mass is 19.1. The van der Waals surface area contributed by atoms with Gasteiger partial charge in [-0.1, -0.05) is 24.3 Å². The van der Waals surface area contributed by atoms with Gasteiger partial charge in [0.05, 0.1) is 12.4 Å².